The molecule has 2 aromatic heterocycles. The molecule has 0 aliphatic carbocycles. The lowest BCUT2D eigenvalue weighted by Crippen LogP contribution is -2.50. The first-order valence-corrected chi connectivity index (χ1v) is 6.76. The summed E-state index contributed by atoms with van der Waals surface area (Å²) in [6.45, 7) is 1.75. The van der Waals surface area contributed by atoms with Crippen molar-refractivity contribution in [3.63, 3.8) is 0 Å². The van der Waals surface area contributed by atoms with Gasteiger partial charge in [0.1, 0.15) is 11.9 Å². The molecule has 0 amide bonds. The van der Waals surface area contributed by atoms with Crippen LogP contribution in [0.3, 0.4) is 0 Å². The van der Waals surface area contributed by atoms with Crippen molar-refractivity contribution in [3.05, 3.63) is 36.2 Å². The molecule has 6 nitrogen and oxygen atoms in total. The summed E-state index contributed by atoms with van der Waals surface area (Å²) in [5.41, 5.74) is 2.15. The van der Waals surface area contributed by atoms with Crippen LogP contribution in [-0.4, -0.2) is 41.8 Å². The van der Waals surface area contributed by atoms with Gasteiger partial charge in [-0.2, -0.15) is 0 Å². The fraction of sp³-hybridized carbons (Fsp3) is 0.333. The maximum Gasteiger partial charge on any atom is 0.339 e. The summed E-state index contributed by atoms with van der Waals surface area (Å²) in [6.07, 6.45) is 3.67. The van der Waals surface area contributed by atoms with Crippen molar-refractivity contribution < 1.29 is 14.3 Å². The fourth-order valence-electron chi connectivity index (χ4n) is 2.19. The summed E-state index contributed by atoms with van der Waals surface area (Å²) in [5.74, 6) is 0.405. The van der Waals surface area contributed by atoms with Crippen molar-refractivity contribution in [2.75, 3.05) is 20.2 Å². The van der Waals surface area contributed by atoms with E-state index in [1.54, 1.807) is 18.5 Å². The SMILES string of the molecule is COC(=O)c1cc(-c2ccc(OC3CNC3)cn2)n(C)c1. The molecule has 6 heteroatoms. The number of aryl methyl sites for hydroxylation is 1. The van der Waals surface area contributed by atoms with Gasteiger partial charge in [-0.15, -0.1) is 0 Å². The number of aromatic nitrogens is 2. The Morgan fingerprint density at radius 3 is 2.81 bits per heavy atom. The smallest absolute Gasteiger partial charge is 0.339 e. The molecular weight excluding hydrogens is 270 g/mol. The van der Waals surface area contributed by atoms with Gasteiger partial charge in [-0.1, -0.05) is 0 Å². The lowest BCUT2D eigenvalue weighted by Gasteiger charge is -2.27. The van der Waals surface area contributed by atoms with E-state index in [0.29, 0.717) is 5.56 Å². The largest absolute Gasteiger partial charge is 0.486 e. The van der Waals surface area contributed by atoms with Gasteiger partial charge in [0.25, 0.3) is 0 Å². The zero-order valence-electron chi connectivity index (χ0n) is 12.0. The van der Waals surface area contributed by atoms with Crippen molar-refractivity contribution >= 4 is 5.97 Å². The Morgan fingerprint density at radius 2 is 2.24 bits per heavy atom. The van der Waals surface area contributed by atoms with Crippen LogP contribution in [0.25, 0.3) is 11.4 Å². The van der Waals surface area contributed by atoms with Crippen LogP contribution in [0.2, 0.25) is 0 Å². The van der Waals surface area contributed by atoms with Crippen molar-refractivity contribution in [2.24, 2.45) is 7.05 Å². The van der Waals surface area contributed by atoms with Gasteiger partial charge in [0.05, 0.1) is 30.3 Å². The summed E-state index contributed by atoms with van der Waals surface area (Å²) in [7, 11) is 3.24. The van der Waals surface area contributed by atoms with E-state index in [1.165, 1.54) is 7.11 Å². The Kier molecular flexibility index (Phi) is 3.62. The molecule has 0 aromatic carbocycles. The Morgan fingerprint density at radius 1 is 1.43 bits per heavy atom. The third kappa shape index (κ3) is 2.75. The van der Waals surface area contributed by atoms with Gasteiger partial charge in [-0.05, 0) is 18.2 Å². The molecule has 1 aliphatic rings. The number of esters is 1. The van der Waals surface area contributed by atoms with E-state index in [1.807, 2.05) is 23.7 Å². The minimum absolute atomic E-state index is 0.235. The van der Waals surface area contributed by atoms with Gasteiger partial charge in [-0.25, -0.2) is 4.79 Å². The summed E-state index contributed by atoms with van der Waals surface area (Å²) >= 11 is 0. The number of hydrogen-bond acceptors (Lipinski definition) is 5. The Bertz CT molecular complexity index is 645. The predicted molar refractivity (Wildman–Crippen MR) is 77.3 cm³/mol. The molecule has 3 rings (SSSR count). The summed E-state index contributed by atoms with van der Waals surface area (Å²) in [6, 6.07) is 5.55. The van der Waals surface area contributed by atoms with Gasteiger partial charge in [-0.3, -0.25) is 4.98 Å². The minimum atomic E-state index is -0.353. The number of nitrogens with zero attached hydrogens (tertiary/aromatic N) is 2. The molecule has 0 unspecified atom stereocenters. The highest BCUT2D eigenvalue weighted by Crippen LogP contribution is 2.22. The average Bonchev–Trinajstić information content (AvgIpc) is 2.85. The van der Waals surface area contributed by atoms with Crippen LogP contribution in [0.4, 0.5) is 0 Å². The predicted octanol–water partition coefficient (Wildman–Crippen LogP) is 1.22. The second-order valence-corrected chi connectivity index (χ2v) is 4.99. The van der Waals surface area contributed by atoms with Gasteiger partial charge in [0.15, 0.2) is 0 Å². The first-order chi connectivity index (χ1) is 10.2. The normalized spacial score (nSPS) is 14.6. The molecule has 110 valence electrons. The number of pyridine rings is 1. The van der Waals surface area contributed by atoms with Gasteiger partial charge < -0.3 is 19.4 Å². The van der Waals surface area contributed by atoms with Crippen molar-refractivity contribution in [2.45, 2.75) is 6.10 Å². The van der Waals surface area contributed by atoms with E-state index >= 15 is 0 Å². The lowest BCUT2D eigenvalue weighted by atomic mass is 10.2. The van der Waals surface area contributed by atoms with Crippen LogP contribution in [0.5, 0.6) is 5.75 Å². The zero-order valence-corrected chi connectivity index (χ0v) is 12.0. The van der Waals surface area contributed by atoms with E-state index in [0.717, 1.165) is 30.2 Å². The molecule has 0 saturated carbocycles. The summed E-state index contributed by atoms with van der Waals surface area (Å²) in [4.78, 5) is 15.9. The van der Waals surface area contributed by atoms with E-state index in [-0.39, 0.29) is 12.1 Å². The van der Waals surface area contributed by atoms with Gasteiger partial charge in [0, 0.05) is 26.3 Å². The molecule has 3 heterocycles. The van der Waals surface area contributed by atoms with Crippen LogP contribution in [0.1, 0.15) is 10.4 Å². The second-order valence-electron chi connectivity index (χ2n) is 4.99. The minimum Gasteiger partial charge on any atom is -0.486 e. The fourth-order valence-corrected chi connectivity index (χ4v) is 2.19. The van der Waals surface area contributed by atoms with Crippen LogP contribution < -0.4 is 10.1 Å². The maximum atomic E-state index is 11.5. The second kappa shape index (κ2) is 5.57. The van der Waals surface area contributed by atoms with Crippen molar-refractivity contribution in [1.82, 2.24) is 14.9 Å². The summed E-state index contributed by atoms with van der Waals surface area (Å²) in [5, 5.41) is 3.15. The zero-order chi connectivity index (χ0) is 14.8. The molecule has 2 aromatic rings. The quantitative estimate of drug-likeness (QED) is 0.857. The van der Waals surface area contributed by atoms with Crippen LogP contribution in [-0.2, 0) is 11.8 Å². The average molecular weight is 287 g/mol. The number of hydrogen-bond donors (Lipinski definition) is 1. The first-order valence-electron chi connectivity index (χ1n) is 6.76. The summed E-state index contributed by atoms with van der Waals surface area (Å²) < 4.78 is 12.3. The number of rotatable bonds is 4. The number of carbonyl (C=O) groups excluding carboxylic acids is 1. The van der Waals surface area contributed by atoms with E-state index in [9.17, 15) is 4.79 Å². The molecule has 0 atom stereocenters. The monoisotopic (exact) mass is 287 g/mol. The molecule has 1 fully saturated rings. The number of carbonyl (C=O) groups is 1. The van der Waals surface area contributed by atoms with E-state index in [4.69, 9.17) is 9.47 Å². The highest BCUT2D eigenvalue weighted by molar-refractivity contribution is 5.90. The Hall–Kier alpha value is -2.34. The molecular formula is C15H17N3O3. The molecule has 1 aliphatic heterocycles. The topological polar surface area (TPSA) is 65.4 Å². The van der Waals surface area contributed by atoms with Crippen LogP contribution in [0.15, 0.2) is 30.6 Å². The van der Waals surface area contributed by atoms with Crippen LogP contribution >= 0.6 is 0 Å². The molecule has 0 radical (unpaired) electrons. The molecule has 1 N–H and O–H groups in total. The maximum absolute atomic E-state index is 11.5. The van der Waals surface area contributed by atoms with E-state index in [2.05, 4.69) is 10.3 Å². The standard InChI is InChI=1S/C15H17N3O3/c1-18-9-10(15(19)20-2)5-14(18)13-4-3-11(8-17-13)21-12-6-16-7-12/h3-5,8-9,12,16H,6-7H2,1-2H3. The number of nitrogens with one attached hydrogen (secondary N) is 1. The van der Waals surface area contributed by atoms with Crippen LogP contribution in [0, 0.1) is 0 Å². The highest BCUT2D eigenvalue weighted by atomic mass is 16.5. The molecule has 21 heavy (non-hydrogen) atoms. The van der Waals surface area contributed by atoms with Crippen molar-refractivity contribution in [3.8, 4) is 17.1 Å². The first kappa shape index (κ1) is 13.6. The van der Waals surface area contributed by atoms with Crippen molar-refractivity contribution in [1.29, 1.82) is 0 Å². The van der Waals surface area contributed by atoms with Gasteiger partial charge >= 0.3 is 5.97 Å². The third-order valence-corrected chi connectivity index (χ3v) is 3.47. The molecule has 0 spiro atoms. The highest BCUT2D eigenvalue weighted by Gasteiger charge is 2.18. The lowest BCUT2D eigenvalue weighted by molar-refractivity contribution is 0.0600. The molecule has 1 saturated heterocycles. The Balaban J connectivity index is 1.79. The third-order valence-electron chi connectivity index (χ3n) is 3.47. The van der Waals surface area contributed by atoms with E-state index < -0.39 is 0 Å². The Labute approximate surface area is 122 Å². The number of methoxy groups -OCH3 is 1. The molecule has 0 bridgehead atoms. The number of ether oxygens (including phenoxy) is 2. The van der Waals surface area contributed by atoms with Gasteiger partial charge in [0.2, 0.25) is 0 Å².